The molecule has 40 heavy (non-hydrogen) atoms. The third-order valence-corrected chi connectivity index (χ3v) is 12.0. The van der Waals surface area contributed by atoms with Crippen molar-refractivity contribution in [3.05, 3.63) is 73.7 Å². The highest BCUT2D eigenvalue weighted by molar-refractivity contribution is 6.66. The maximum absolute atomic E-state index is 13.9. The van der Waals surface area contributed by atoms with Crippen molar-refractivity contribution in [2.45, 2.75) is 14.1 Å². The molecule has 0 unspecified atom stereocenters. The van der Waals surface area contributed by atoms with Gasteiger partial charge in [0.1, 0.15) is 22.0 Å². The summed E-state index contributed by atoms with van der Waals surface area (Å²) in [6.07, 6.45) is 0. The second-order valence-corrected chi connectivity index (χ2v) is 13.3. The molecule has 1 saturated carbocycles. The van der Waals surface area contributed by atoms with Crippen molar-refractivity contribution in [1.29, 1.82) is 0 Å². The number of allylic oxidation sites excluding steroid dienone is 2. The number of ketones is 1. The zero-order chi connectivity index (χ0) is 29.5. The molecule has 2 bridgehead atoms. The highest BCUT2D eigenvalue weighted by atomic mass is 35.5. The molecule has 2 aromatic rings. The molecule has 1 saturated heterocycles. The maximum atomic E-state index is 13.9. The molecule has 2 aromatic carbocycles. The number of amides is 3. The van der Waals surface area contributed by atoms with E-state index in [1.807, 2.05) is 0 Å². The van der Waals surface area contributed by atoms with Crippen molar-refractivity contribution in [2.24, 2.45) is 11.8 Å². The molecule has 210 valence electrons. The van der Waals surface area contributed by atoms with E-state index in [2.05, 4.69) is 0 Å². The number of methoxy groups -OCH3 is 1. The number of halogens is 8. The topological polar surface area (TPSA) is 84.0 Å². The summed E-state index contributed by atoms with van der Waals surface area (Å²) < 4.78 is 2.94. The minimum Gasteiger partial charge on any atom is -0.497 e. The van der Waals surface area contributed by atoms with Crippen molar-refractivity contribution < 1.29 is 23.9 Å². The van der Waals surface area contributed by atoms with Crippen molar-refractivity contribution in [1.82, 2.24) is 10.0 Å². The summed E-state index contributed by atoms with van der Waals surface area (Å²) in [7, 11) is 1.46. The molecule has 3 aliphatic rings. The van der Waals surface area contributed by atoms with Crippen LogP contribution < -0.4 is 4.74 Å². The number of imide groups is 1. The van der Waals surface area contributed by atoms with Gasteiger partial charge in [-0.05, 0) is 42.5 Å². The van der Waals surface area contributed by atoms with Crippen LogP contribution in [0.5, 0.6) is 5.75 Å². The molecule has 4 atom stereocenters. The van der Waals surface area contributed by atoms with Gasteiger partial charge in [-0.2, -0.15) is 5.01 Å². The number of alkyl halides is 4. The minimum absolute atomic E-state index is 0.0883. The number of hydrazine groups is 1. The van der Waals surface area contributed by atoms with Gasteiger partial charge in [0.15, 0.2) is 10.1 Å². The fraction of sp³-hybridized carbons (Fsp3) is 0.280. The molecule has 2 aliphatic carbocycles. The van der Waals surface area contributed by atoms with Crippen molar-refractivity contribution in [2.75, 3.05) is 13.7 Å². The zero-order valence-corrected chi connectivity index (χ0v) is 25.9. The Kier molecular flexibility index (Phi) is 7.58. The van der Waals surface area contributed by atoms with Crippen molar-refractivity contribution in [3.63, 3.8) is 0 Å². The zero-order valence-electron chi connectivity index (χ0n) is 19.9. The highest BCUT2D eigenvalue weighted by Crippen LogP contribution is 2.77. The predicted octanol–water partition coefficient (Wildman–Crippen LogP) is 6.69. The number of benzene rings is 2. The Morgan fingerprint density at radius 1 is 0.875 bits per heavy atom. The first kappa shape index (κ1) is 30.1. The normalized spacial score (nSPS) is 28.3. The maximum Gasteiger partial charge on any atom is 0.274 e. The van der Waals surface area contributed by atoms with Crippen LogP contribution in [0, 0.1) is 11.8 Å². The highest BCUT2D eigenvalue weighted by Gasteiger charge is 2.88. The number of hydrogen-bond donors (Lipinski definition) is 0. The van der Waals surface area contributed by atoms with Gasteiger partial charge < -0.3 is 4.74 Å². The largest absolute Gasteiger partial charge is 0.497 e. The average molecular weight is 706 g/mol. The standard InChI is InChI=1S/C25H14Cl8N2O5/c1-40-12-5-2-10(3-6-12)15(36)9-34(20(37)13-7-4-11(26)8-14(13)27)35-21(38)16-17(22(35)39)24(31)19(29)18(28)23(16,30)25(24,32)33/h2-8,16-17H,9H2,1H3/t16-,17+,23-,24-/m1/s1. The Balaban J connectivity index is 1.60. The van der Waals surface area contributed by atoms with Crippen LogP contribution in [-0.2, 0) is 9.59 Å². The minimum atomic E-state index is -2.17. The molecule has 15 heteroatoms. The predicted molar refractivity (Wildman–Crippen MR) is 154 cm³/mol. The molecule has 3 amide bonds. The first-order valence-corrected chi connectivity index (χ1v) is 14.3. The first-order chi connectivity index (χ1) is 18.6. The van der Waals surface area contributed by atoms with Gasteiger partial charge in [0, 0.05) is 10.6 Å². The van der Waals surface area contributed by atoms with Gasteiger partial charge in [0.25, 0.3) is 17.7 Å². The number of carbonyl (C=O) groups is 4. The Morgan fingerprint density at radius 3 is 1.88 bits per heavy atom. The molecule has 0 aromatic heterocycles. The third-order valence-electron chi connectivity index (χ3n) is 7.23. The average Bonchev–Trinajstić information content (AvgIpc) is 3.30. The van der Waals surface area contributed by atoms with Crippen molar-refractivity contribution >= 4 is 116 Å². The lowest BCUT2D eigenvalue weighted by Crippen LogP contribution is -2.56. The van der Waals surface area contributed by atoms with E-state index in [4.69, 9.17) is 97.5 Å². The van der Waals surface area contributed by atoms with Crippen LogP contribution in [0.2, 0.25) is 10.0 Å². The summed E-state index contributed by atoms with van der Waals surface area (Å²) >= 11 is 51.6. The second-order valence-electron chi connectivity index (χ2n) is 9.21. The van der Waals surface area contributed by atoms with E-state index in [-0.39, 0.29) is 31.2 Å². The van der Waals surface area contributed by atoms with E-state index in [0.717, 1.165) is 0 Å². The van der Waals surface area contributed by atoms with E-state index < -0.39 is 56.0 Å². The van der Waals surface area contributed by atoms with Gasteiger partial charge in [-0.1, -0.05) is 69.6 Å². The van der Waals surface area contributed by atoms with Crippen LogP contribution in [-0.4, -0.2) is 61.3 Å². The Hall–Kier alpha value is -1.42. The number of hydrogen-bond acceptors (Lipinski definition) is 5. The molecule has 5 rings (SSSR count). The summed E-state index contributed by atoms with van der Waals surface area (Å²) in [6, 6.07) is 9.96. The third kappa shape index (κ3) is 3.86. The molecular weight excluding hydrogens is 692 g/mol. The molecule has 7 nitrogen and oxygen atoms in total. The SMILES string of the molecule is COc1ccc(C(=O)CN(C(=O)c2ccc(Cl)cc2Cl)N2C(=O)[C@@H]3[C@H](C2=O)[C@@]2(Cl)C(Cl)=C(Cl)[C@@]3(Cl)C2(Cl)Cl)cc1. The van der Waals surface area contributed by atoms with Gasteiger partial charge in [0.2, 0.25) is 0 Å². The van der Waals surface area contributed by atoms with Gasteiger partial charge in [-0.15, -0.1) is 23.2 Å². The van der Waals surface area contributed by atoms with Crippen LogP contribution in [0.3, 0.4) is 0 Å². The van der Waals surface area contributed by atoms with Gasteiger partial charge in [-0.25, -0.2) is 5.01 Å². The summed E-state index contributed by atoms with van der Waals surface area (Å²) in [4.78, 5) is 50.8. The number of fused-ring (bicyclic) bond motifs is 5. The molecule has 1 heterocycles. The summed E-state index contributed by atoms with van der Waals surface area (Å²) in [6.45, 7) is -0.757. The lowest BCUT2D eigenvalue weighted by molar-refractivity contribution is -0.154. The van der Waals surface area contributed by atoms with E-state index >= 15 is 0 Å². The molecule has 1 aliphatic heterocycles. The van der Waals surface area contributed by atoms with Gasteiger partial charge in [-0.3, -0.25) is 19.2 Å². The fourth-order valence-corrected chi connectivity index (χ4v) is 8.68. The Labute approximate surface area is 267 Å². The number of rotatable bonds is 6. The number of Topliss-reactive ketones (excluding diaryl/α,β-unsaturated/α-hetero) is 1. The van der Waals surface area contributed by atoms with Crippen LogP contribution in [0.4, 0.5) is 0 Å². The second kappa shape index (κ2) is 10.1. The van der Waals surface area contributed by atoms with Crippen LogP contribution >= 0.6 is 92.8 Å². The molecule has 0 radical (unpaired) electrons. The number of ether oxygens (including phenoxy) is 1. The van der Waals surface area contributed by atoms with E-state index in [1.165, 1.54) is 49.6 Å². The summed E-state index contributed by atoms with van der Waals surface area (Å²) in [5.41, 5.74) is 0.0182. The van der Waals surface area contributed by atoms with Crippen LogP contribution in [0.15, 0.2) is 52.5 Å². The van der Waals surface area contributed by atoms with E-state index in [1.54, 1.807) is 0 Å². The van der Waals surface area contributed by atoms with Gasteiger partial charge >= 0.3 is 0 Å². The Bertz CT molecular complexity index is 1480. The Morgan fingerprint density at radius 2 is 1.40 bits per heavy atom. The lowest BCUT2D eigenvalue weighted by Gasteiger charge is -2.36. The van der Waals surface area contributed by atoms with Crippen molar-refractivity contribution in [3.8, 4) is 5.75 Å². The van der Waals surface area contributed by atoms with Crippen LogP contribution in [0.1, 0.15) is 20.7 Å². The monoisotopic (exact) mass is 702 g/mol. The quantitative estimate of drug-likeness (QED) is 0.190. The van der Waals surface area contributed by atoms with Crippen LogP contribution in [0.25, 0.3) is 0 Å². The first-order valence-electron chi connectivity index (χ1n) is 11.3. The summed E-state index contributed by atoms with van der Waals surface area (Å²) in [5, 5.41) is 0.707. The number of carbonyl (C=O) groups excluding carboxylic acids is 4. The summed E-state index contributed by atoms with van der Waals surface area (Å²) in [5.74, 6) is -6.16. The molecular formula is C25H14Cl8N2O5. The number of nitrogens with zero attached hydrogens (tertiary/aromatic N) is 2. The van der Waals surface area contributed by atoms with E-state index in [0.29, 0.717) is 15.8 Å². The molecule has 2 fully saturated rings. The smallest absolute Gasteiger partial charge is 0.274 e. The van der Waals surface area contributed by atoms with Gasteiger partial charge in [0.05, 0.1) is 39.6 Å². The van der Waals surface area contributed by atoms with E-state index in [9.17, 15) is 19.2 Å². The molecule has 0 spiro atoms. The fourth-order valence-electron chi connectivity index (χ4n) is 5.26. The molecule has 0 N–H and O–H groups in total. The lowest BCUT2D eigenvalue weighted by atomic mass is 9.84.